The van der Waals surface area contributed by atoms with Crippen molar-refractivity contribution in [3.05, 3.63) is 28.7 Å². The zero-order valence-corrected chi connectivity index (χ0v) is 12.0. The van der Waals surface area contributed by atoms with E-state index in [1.807, 2.05) is 19.9 Å². The van der Waals surface area contributed by atoms with Crippen LogP contribution in [-0.2, 0) is 6.54 Å². The minimum absolute atomic E-state index is 0.311. The summed E-state index contributed by atoms with van der Waals surface area (Å²) in [5.41, 5.74) is 0.745. The van der Waals surface area contributed by atoms with E-state index in [0.717, 1.165) is 5.56 Å². The number of benzene rings is 1. The quantitative estimate of drug-likeness (QED) is 0.838. The lowest BCUT2D eigenvalue weighted by atomic mass is 10.1. The van der Waals surface area contributed by atoms with Crippen LogP contribution in [-0.4, -0.2) is 23.9 Å². The van der Waals surface area contributed by atoms with Crippen molar-refractivity contribution in [2.24, 2.45) is 5.92 Å². The van der Waals surface area contributed by atoms with Crippen molar-refractivity contribution in [2.75, 3.05) is 14.2 Å². The molecule has 2 rings (SSSR count). The maximum absolute atomic E-state index is 11.7. The molecule has 0 N–H and O–H groups in total. The highest BCUT2D eigenvalue weighted by Crippen LogP contribution is 2.31. The second-order valence-electron chi connectivity index (χ2n) is 4.85. The average molecular weight is 278 g/mol. The Kier molecular flexibility index (Phi) is 4.12. The molecule has 0 saturated carbocycles. The maximum Gasteiger partial charge on any atom is 0.441 e. The van der Waals surface area contributed by atoms with E-state index in [1.54, 1.807) is 26.4 Å². The van der Waals surface area contributed by atoms with Crippen molar-refractivity contribution in [1.29, 1.82) is 0 Å². The van der Waals surface area contributed by atoms with Gasteiger partial charge in [-0.15, -0.1) is 0 Å². The molecule has 0 saturated heterocycles. The number of hydrogen-bond acceptors (Lipinski definition) is 5. The third-order valence-electron chi connectivity index (χ3n) is 2.88. The summed E-state index contributed by atoms with van der Waals surface area (Å²) in [4.78, 5) is 11.7. The lowest BCUT2D eigenvalue weighted by Crippen LogP contribution is -2.18. The molecule has 1 heterocycles. The molecular formula is C14H18N2O4. The molecule has 20 heavy (non-hydrogen) atoms. The van der Waals surface area contributed by atoms with Gasteiger partial charge in [0.05, 0.1) is 14.2 Å². The summed E-state index contributed by atoms with van der Waals surface area (Å²) in [6, 6.07) is 5.36. The van der Waals surface area contributed by atoms with Gasteiger partial charge in [0.1, 0.15) is 0 Å². The first kappa shape index (κ1) is 14.2. The van der Waals surface area contributed by atoms with Crippen molar-refractivity contribution in [3.63, 3.8) is 0 Å². The van der Waals surface area contributed by atoms with Crippen LogP contribution in [0.3, 0.4) is 0 Å². The van der Waals surface area contributed by atoms with Gasteiger partial charge in [-0.25, -0.2) is 4.79 Å². The summed E-state index contributed by atoms with van der Waals surface area (Å²) in [5.74, 6) is 1.55. The van der Waals surface area contributed by atoms with Gasteiger partial charge in [-0.2, -0.15) is 0 Å². The van der Waals surface area contributed by atoms with E-state index in [4.69, 9.17) is 14.0 Å². The first-order valence-electron chi connectivity index (χ1n) is 6.35. The van der Waals surface area contributed by atoms with Crippen LogP contribution in [0.2, 0.25) is 0 Å². The Morgan fingerprint density at radius 3 is 2.55 bits per heavy atom. The summed E-state index contributed by atoms with van der Waals surface area (Å²) in [6.45, 7) is 4.60. The molecule has 0 atom stereocenters. The zero-order valence-electron chi connectivity index (χ0n) is 12.0. The van der Waals surface area contributed by atoms with Crippen molar-refractivity contribution < 1.29 is 14.0 Å². The van der Waals surface area contributed by atoms with E-state index >= 15 is 0 Å². The predicted octanol–water partition coefficient (Wildman–Crippen LogP) is 2.18. The number of nitrogens with zero attached hydrogens (tertiary/aromatic N) is 2. The normalized spacial score (nSPS) is 10.8. The first-order chi connectivity index (χ1) is 9.56. The molecule has 0 spiro atoms. The number of aromatic nitrogens is 2. The van der Waals surface area contributed by atoms with E-state index < -0.39 is 5.76 Å². The minimum atomic E-state index is -0.455. The van der Waals surface area contributed by atoms with Crippen LogP contribution >= 0.6 is 0 Å². The van der Waals surface area contributed by atoms with Crippen LogP contribution in [0.4, 0.5) is 0 Å². The number of rotatable bonds is 5. The predicted molar refractivity (Wildman–Crippen MR) is 74.1 cm³/mol. The fourth-order valence-corrected chi connectivity index (χ4v) is 1.98. The summed E-state index contributed by atoms with van der Waals surface area (Å²) in [5, 5.41) is 3.85. The highest BCUT2D eigenvalue weighted by molar-refractivity contribution is 5.61. The molecule has 1 aromatic carbocycles. The Morgan fingerprint density at radius 1 is 1.25 bits per heavy atom. The molecule has 0 bridgehead atoms. The average Bonchev–Trinajstić information content (AvgIpc) is 2.79. The topological polar surface area (TPSA) is 66.5 Å². The minimum Gasteiger partial charge on any atom is -0.493 e. The molecule has 0 aliphatic heterocycles. The van der Waals surface area contributed by atoms with Gasteiger partial charge >= 0.3 is 5.76 Å². The van der Waals surface area contributed by atoms with E-state index in [9.17, 15) is 4.79 Å². The Balaban J connectivity index is 2.49. The molecule has 2 aromatic rings. The van der Waals surface area contributed by atoms with Gasteiger partial charge in [-0.3, -0.25) is 9.09 Å². The van der Waals surface area contributed by atoms with Crippen LogP contribution < -0.4 is 15.2 Å². The Hall–Kier alpha value is -2.24. The molecule has 6 heteroatoms. The highest BCUT2D eigenvalue weighted by Gasteiger charge is 2.15. The lowest BCUT2D eigenvalue weighted by molar-refractivity contribution is 0.355. The molecule has 0 amide bonds. The number of hydrogen-bond donors (Lipinski definition) is 0. The summed E-state index contributed by atoms with van der Waals surface area (Å²) in [7, 11) is 3.13. The Bertz CT molecular complexity index is 643. The Labute approximate surface area is 116 Å². The van der Waals surface area contributed by atoms with Crippen LogP contribution in [0.1, 0.15) is 13.8 Å². The van der Waals surface area contributed by atoms with Gasteiger partial charge in [0, 0.05) is 12.1 Å². The standard InChI is InChI=1S/C14H18N2O4/c1-9(2)8-16-13(15-20-14(16)17)10-5-6-11(18-3)12(7-10)19-4/h5-7,9H,8H2,1-4H3. The second kappa shape index (κ2) is 5.81. The zero-order chi connectivity index (χ0) is 14.7. The fourth-order valence-electron chi connectivity index (χ4n) is 1.98. The molecule has 6 nitrogen and oxygen atoms in total. The van der Waals surface area contributed by atoms with Crippen LogP contribution in [0.5, 0.6) is 11.5 Å². The van der Waals surface area contributed by atoms with Gasteiger partial charge in [0.25, 0.3) is 0 Å². The summed E-state index contributed by atoms with van der Waals surface area (Å²) >= 11 is 0. The third-order valence-corrected chi connectivity index (χ3v) is 2.88. The van der Waals surface area contributed by atoms with Gasteiger partial charge in [0.2, 0.25) is 0 Å². The summed E-state index contributed by atoms with van der Waals surface area (Å²) in [6.07, 6.45) is 0. The van der Waals surface area contributed by atoms with Crippen LogP contribution in [0, 0.1) is 5.92 Å². The largest absolute Gasteiger partial charge is 0.493 e. The van der Waals surface area contributed by atoms with Crippen molar-refractivity contribution in [3.8, 4) is 22.9 Å². The van der Waals surface area contributed by atoms with E-state index in [0.29, 0.717) is 29.8 Å². The SMILES string of the molecule is COc1ccc(-c2noc(=O)n2CC(C)C)cc1OC. The van der Waals surface area contributed by atoms with Gasteiger partial charge in [-0.05, 0) is 24.1 Å². The highest BCUT2D eigenvalue weighted by atomic mass is 16.5. The number of ether oxygens (including phenoxy) is 2. The van der Waals surface area contributed by atoms with E-state index in [2.05, 4.69) is 5.16 Å². The van der Waals surface area contributed by atoms with Crippen molar-refractivity contribution in [1.82, 2.24) is 9.72 Å². The Morgan fingerprint density at radius 2 is 1.95 bits per heavy atom. The van der Waals surface area contributed by atoms with Gasteiger partial charge in [-0.1, -0.05) is 19.0 Å². The van der Waals surface area contributed by atoms with E-state index in [1.165, 1.54) is 4.57 Å². The molecule has 0 unspecified atom stereocenters. The summed E-state index contributed by atoms with van der Waals surface area (Å²) < 4.78 is 16.7. The monoisotopic (exact) mass is 278 g/mol. The fraction of sp³-hybridized carbons (Fsp3) is 0.429. The van der Waals surface area contributed by atoms with Crippen molar-refractivity contribution in [2.45, 2.75) is 20.4 Å². The second-order valence-corrected chi connectivity index (χ2v) is 4.85. The maximum atomic E-state index is 11.7. The smallest absolute Gasteiger partial charge is 0.441 e. The van der Waals surface area contributed by atoms with Gasteiger partial charge in [0.15, 0.2) is 17.3 Å². The van der Waals surface area contributed by atoms with E-state index in [-0.39, 0.29) is 0 Å². The third kappa shape index (κ3) is 2.68. The molecule has 1 aromatic heterocycles. The van der Waals surface area contributed by atoms with Crippen LogP contribution in [0.25, 0.3) is 11.4 Å². The number of methoxy groups -OCH3 is 2. The van der Waals surface area contributed by atoms with Crippen LogP contribution in [0.15, 0.2) is 27.5 Å². The molecule has 0 fully saturated rings. The molecular weight excluding hydrogens is 260 g/mol. The lowest BCUT2D eigenvalue weighted by Gasteiger charge is -2.10. The molecule has 0 aliphatic carbocycles. The van der Waals surface area contributed by atoms with Crippen molar-refractivity contribution >= 4 is 0 Å². The molecule has 0 aliphatic rings. The molecule has 0 radical (unpaired) electrons. The first-order valence-corrected chi connectivity index (χ1v) is 6.35. The van der Waals surface area contributed by atoms with Gasteiger partial charge < -0.3 is 9.47 Å². The molecule has 108 valence electrons.